The van der Waals surface area contributed by atoms with Crippen LogP contribution < -0.4 is 19.5 Å². The largest absolute Gasteiger partial charge is 0.497 e. The number of hydrogen-bond acceptors (Lipinski definition) is 7. The molecule has 0 radical (unpaired) electrons. The van der Waals surface area contributed by atoms with Gasteiger partial charge in [-0.1, -0.05) is 6.07 Å². The Morgan fingerprint density at radius 3 is 2.58 bits per heavy atom. The van der Waals surface area contributed by atoms with E-state index in [1.54, 1.807) is 37.6 Å². The fraction of sp³-hybridized carbons (Fsp3) is 0.304. The molecule has 2 aliphatic rings. The van der Waals surface area contributed by atoms with Gasteiger partial charge >= 0.3 is 0 Å². The summed E-state index contributed by atoms with van der Waals surface area (Å²) in [7, 11) is 1.58. The number of benzene rings is 2. The molecule has 0 atom stereocenters. The molecule has 4 rings (SSSR count). The Labute approximate surface area is 181 Å². The lowest BCUT2D eigenvalue weighted by Crippen LogP contribution is -2.43. The van der Waals surface area contributed by atoms with Crippen LogP contribution in [0.1, 0.15) is 5.56 Å². The summed E-state index contributed by atoms with van der Waals surface area (Å²) >= 11 is 0. The van der Waals surface area contributed by atoms with Gasteiger partial charge < -0.3 is 24.4 Å². The van der Waals surface area contributed by atoms with Gasteiger partial charge in [0, 0.05) is 44.6 Å². The highest BCUT2D eigenvalue weighted by atomic mass is 16.7. The van der Waals surface area contributed by atoms with Crippen LogP contribution in [0.25, 0.3) is 0 Å². The number of nitrogens with one attached hydrogen (secondary N) is 1. The average Bonchev–Trinajstić information content (AvgIpc) is 3.27. The summed E-state index contributed by atoms with van der Waals surface area (Å²) in [4.78, 5) is 16.8. The lowest BCUT2D eigenvalue weighted by Gasteiger charge is -2.34. The van der Waals surface area contributed by atoms with Crippen LogP contribution in [0.2, 0.25) is 0 Å². The minimum absolute atomic E-state index is 0.0834. The van der Waals surface area contributed by atoms with Crippen molar-refractivity contribution in [3.05, 3.63) is 59.8 Å². The third-order valence-corrected chi connectivity index (χ3v) is 5.27. The molecule has 31 heavy (non-hydrogen) atoms. The second kappa shape index (κ2) is 9.41. The molecule has 0 saturated carbocycles. The monoisotopic (exact) mass is 420 g/mol. The van der Waals surface area contributed by atoms with Crippen LogP contribution in [0, 0.1) is 11.3 Å². The van der Waals surface area contributed by atoms with E-state index >= 15 is 0 Å². The summed E-state index contributed by atoms with van der Waals surface area (Å²) in [5.74, 6) is 1.86. The Morgan fingerprint density at radius 2 is 1.87 bits per heavy atom. The van der Waals surface area contributed by atoms with Crippen molar-refractivity contribution in [2.75, 3.05) is 45.4 Å². The summed E-state index contributed by atoms with van der Waals surface area (Å²) in [6.45, 7) is 4.25. The van der Waals surface area contributed by atoms with E-state index < -0.39 is 5.91 Å². The highest BCUT2D eigenvalue weighted by molar-refractivity contribution is 6.06. The second-order valence-electron chi connectivity index (χ2n) is 7.34. The molecule has 1 amide bonds. The van der Waals surface area contributed by atoms with Gasteiger partial charge in [0.25, 0.3) is 5.91 Å². The molecule has 2 aromatic rings. The minimum Gasteiger partial charge on any atom is -0.497 e. The number of methoxy groups -OCH3 is 1. The minimum atomic E-state index is -0.421. The number of amides is 1. The lowest BCUT2D eigenvalue weighted by molar-refractivity contribution is -0.112. The Balaban J connectivity index is 1.30. The quantitative estimate of drug-likeness (QED) is 0.568. The van der Waals surface area contributed by atoms with E-state index in [-0.39, 0.29) is 12.4 Å². The molecule has 0 bridgehead atoms. The van der Waals surface area contributed by atoms with Gasteiger partial charge in [0.1, 0.15) is 17.4 Å². The molecule has 160 valence electrons. The van der Waals surface area contributed by atoms with Crippen LogP contribution in [-0.4, -0.2) is 55.8 Å². The van der Waals surface area contributed by atoms with Crippen LogP contribution in [-0.2, 0) is 11.3 Å². The van der Waals surface area contributed by atoms with E-state index in [9.17, 15) is 10.1 Å². The molecule has 8 nitrogen and oxygen atoms in total. The molecular weight excluding hydrogens is 396 g/mol. The van der Waals surface area contributed by atoms with Crippen molar-refractivity contribution in [1.82, 2.24) is 9.80 Å². The standard InChI is InChI=1S/C23H24N4O4/c1-29-20-5-3-19(4-6-20)25-23(28)18(13-24)15-27-10-8-26(9-11-27)14-17-2-7-21-22(12-17)31-16-30-21/h2-7,12,15H,8-11,14,16H2,1H3,(H,25,28)/b18-15-. The number of ether oxygens (including phenoxy) is 3. The number of piperazine rings is 1. The maximum absolute atomic E-state index is 12.5. The molecule has 1 saturated heterocycles. The van der Waals surface area contributed by atoms with Gasteiger partial charge in [0.2, 0.25) is 6.79 Å². The molecule has 0 aliphatic carbocycles. The predicted octanol–water partition coefficient (Wildman–Crippen LogP) is 2.59. The molecule has 2 heterocycles. The number of anilines is 1. The lowest BCUT2D eigenvalue weighted by atomic mass is 10.1. The van der Waals surface area contributed by atoms with Gasteiger partial charge in [-0.25, -0.2) is 0 Å². The zero-order valence-corrected chi connectivity index (χ0v) is 17.3. The first kappa shape index (κ1) is 20.6. The molecule has 8 heteroatoms. The number of nitrogens with zero attached hydrogens (tertiary/aromatic N) is 3. The number of fused-ring (bicyclic) bond motifs is 1. The Bertz CT molecular complexity index is 1010. The molecule has 0 aromatic heterocycles. The molecule has 1 N–H and O–H groups in total. The van der Waals surface area contributed by atoms with E-state index in [1.807, 2.05) is 23.1 Å². The van der Waals surface area contributed by atoms with Crippen molar-refractivity contribution < 1.29 is 19.0 Å². The highest BCUT2D eigenvalue weighted by Gasteiger charge is 2.19. The van der Waals surface area contributed by atoms with Crippen LogP contribution in [0.3, 0.4) is 0 Å². The zero-order chi connectivity index (χ0) is 21.6. The molecule has 2 aromatic carbocycles. The van der Waals surface area contributed by atoms with Crippen molar-refractivity contribution in [3.63, 3.8) is 0 Å². The van der Waals surface area contributed by atoms with Gasteiger partial charge in [0.05, 0.1) is 7.11 Å². The fourth-order valence-corrected chi connectivity index (χ4v) is 3.54. The van der Waals surface area contributed by atoms with Crippen molar-refractivity contribution in [2.24, 2.45) is 0 Å². The topological polar surface area (TPSA) is 87.1 Å². The first-order valence-corrected chi connectivity index (χ1v) is 10.1. The molecule has 0 spiro atoms. The van der Waals surface area contributed by atoms with Gasteiger partial charge in [-0.3, -0.25) is 9.69 Å². The van der Waals surface area contributed by atoms with Gasteiger partial charge in [-0.15, -0.1) is 0 Å². The Hall–Kier alpha value is -3.70. The van der Waals surface area contributed by atoms with Crippen molar-refractivity contribution in [1.29, 1.82) is 5.26 Å². The third kappa shape index (κ3) is 5.08. The number of nitriles is 1. The summed E-state index contributed by atoms with van der Waals surface area (Å²) in [6, 6.07) is 15.0. The number of carbonyl (C=O) groups is 1. The predicted molar refractivity (Wildman–Crippen MR) is 115 cm³/mol. The SMILES string of the molecule is COc1ccc(NC(=O)/C(C#N)=C\N2CCN(Cc3ccc4c(c3)OCO4)CC2)cc1. The zero-order valence-electron chi connectivity index (χ0n) is 17.3. The van der Waals surface area contributed by atoms with E-state index in [1.165, 1.54) is 5.56 Å². The number of rotatable bonds is 6. The van der Waals surface area contributed by atoms with Gasteiger partial charge in [0.15, 0.2) is 11.5 Å². The second-order valence-corrected chi connectivity index (χ2v) is 7.34. The van der Waals surface area contributed by atoms with Crippen LogP contribution in [0.15, 0.2) is 54.2 Å². The molecular formula is C23H24N4O4. The summed E-state index contributed by atoms with van der Waals surface area (Å²) in [6.07, 6.45) is 1.65. The number of carbonyl (C=O) groups excluding carboxylic acids is 1. The van der Waals surface area contributed by atoms with Crippen molar-refractivity contribution in [3.8, 4) is 23.3 Å². The Morgan fingerprint density at radius 1 is 1.13 bits per heavy atom. The Kier molecular flexibility index (Phi) is 6.24. The van der Waals surface area contributed by atoms with Gasteiger partial charge in [-0.05, 0) is 42.0 Å². The summed E-state index contributed by atoms with van der Waals surface area (Å²) in [5, 5.41) is 12.2. The summed E-state index contributed by atoms with van der Waals surface area (Å²) in [5.41, 5.74) is 1.87. The van der Waals surface area contributed by atoms with Crippen LogP contribution in [0.4, 0.5) is 5.69 Å². The first-order chi connectivity index (χ1) is 15.1. The fourth-order valence-electron chi connectivity index (χ4n) is 3.54. The van der Waals surface area contributed by atoms with E-state index in [0.717, 1.165) is 44.2 Å². The van der Waals surface area contributed by atoms with E-state index in [0.29, 0.717) is 11.4 Å². The van der Waals surface area contributed by atoms with Crippen molar-refractivity contribution >= 4 is 11.6 Å². The molecule has 0 unspecified atom stereocenters. The maximum atomic E-state index is 12.5. The van der Waals surface area contributed by atoms with Crippen LogP contribution >= 0.6 is 0 Å². The van der Waals surface area contributed by atoms with Crippen LogP contribution in [0.5, 0.6) is 17.2 Å². The van der Waals surface area contributed by atoms with Crippen molar-refractivity contribution in [2.45, 2.75) is 6.54 Å². The third-order valence-electron chi connectivity index (χ3n) is 5.27. The average molecular weight is 420 g/mol. The summed E-state index contributed by atoms with van der Waals surface area (Å²) < 4.78 is 15.9. The maximum Gasteiger partial charge on any atom is 0.267 e. The smallest absolute Gasteiger partial charge is 0.267 e. The van der Waals surface area contributed by atoms with E-state index in [4.69, 9.17) is 14.2 Å². The normalized spacial score (nSPS) is 16.0. The first-order valence-electron chi connectivity index (χ1n) is 10.1. The number of hydrogen-bond donors (Lipinski definition) is 1. The van der Waals surface area contributed by atoms with Gasteiger partial charge in [-0.2, -0.15) is 5.26 Å². The molecule has 2 aliphatic heterocycles. The highest BCUT2D eigenvalue weighted by Crippen LogP contribution is 2.32. The van der Waals surface area contributed by atoms with E-state index in [2.05, 4.69) is 16.3 Å². The molecule has 1 fully saturated rings.